The standard InChI is InChI=1S/C16H23NO/c1-16(9-4-5-10-16)17-12-13-8-11-18-15-7-3-2-6-14(13)15/h2-3,6-7,13,17H,4-5,8-12H2,1H3. The highest BCUT2D eigenvalue weighted by Crippen LogP contribution is 2.34. The summed E-state index contributed by atoms with van der Waals surface area (Å²) in [5.74, 6) is 1.71. The first-order valence-corrected chi connectivity index (χ1v) is 7.24. The van der Waals surface area contributed by atoms with Crippen molar-refractivity contribution in [3.8, 4) is 5.75 Å². The fraction of sp³-hybridized carbons (Fsp3) is 0.625. The zero-order chi connectivity index (χ0) is 12.4. The number of ether oxygens (including phenoxy) is 1. The number of nitrogens with one attached hydrogen (secondary N) is 1. The van der Waals surface area contributed by atoms with Crippen molar-refractivity contribution in [2.45, 2.75) is 50.5 Å². The van der Waals surface area contributed by atoms with Crippen molar-refractivity contribution >= 4 is 0 Å². The minimum Gasteiger partial charge on any atom is -0.493 e. The smallest absolute Gasteiger partial charge is 0.122 e. The predicted octanol–water partition coefficient (Wildman–Crippen LogP) is 3.48. The number of hydrogen-bond acceptors (Lipinski definition) is 2. The van der Waals surface area contributed by atoms with E-state index in [-0.39, 0.29) is 0 Å². The third kappa shape index (κ3) is 2.39. The first-order chi connectivity index (χ1) is 8.77. The Morgan fingerprint density at radius 1 is 1.28 bits per heavy atom. The molecule has 0 spiro atoms. The first-order valence-electron chi connectivity index (χ1n) is 7.24. The molecule has 1 saturated carbocycles. The van der Waals surface area contributed by atoms with Crippen molar-refractivity contribution in [2.24, 2.45) is 0 Å². The van der Waals surface area contributed by atoms with E-state index in [4.69, 9.17) is 4.74 Å². The fourth-order valence-corrected chi connectivity index (χ4v) is 3.33. The molecular formula is C16H23NO. The summed E-state index contributed by atoms with van der Waals surface area (Å²) < 4.78 is 5.72. The van der Waals surface area contributed by atoms with E-state index in [0.29, 0.717) is 11.5 Å². The van der Waals surface area contributed by atoms with Crippen LogP contribution in [0.25, 0.3) is 0 Å². The third-order valence-corrected chi connectivity index (χ3v) is 4.57. The van der Waals surface area contributed by atoms with Gasteiger partial charge in [0.15, 0.2) is 0 Å². The zero-order valence-corrected chi connectivity index (χ0v) is 11.2. The maximum absolute atomic E-state index is 5.72. The van der Waals surface area contributed by atoms with Crippen LogP contribution < -0.4 is 10.1 Å². The van der Waals surface area contributed by atoms with Gasteiger partial charge in [-0.25, -0.2) is 0 Å². The Kier molecular flexibility index (Phi) is 3.29. The van der Waals surface area contributed by atoms with E-state index in [1.165, 1.54) is 31.2 Å². The van der Waals surface area contributed by atoms with Crippen LogP contribution in [-0.2, 0) is 0 Å². The van der Waals surface area contributed by atoms with Crippen LogP contribution >= 0.6 is 0 Å². The molecule has 1 unspecified atom stereocenters. The average molecular weight is 245 g/mol. The van der Waals surface area contributed by atoms with Gasteiger partial charge in [0.05, 0.1) is 6.61 Å². The zero-order valence-electron chi connectivity index (χ0n) is 11.2. The number of para-hydroxylation sites is 1. The third-order valence-electron chi connectivity index (χ3n) is 4.57. The van der Waals surface area contributed by atoms with Crippen LogP contribution in [0.2, 0.25) is 0 Å². The number of fused-ring (bicyclic) bond motifs is 1. The van der Waals surface area contributed by atoms with Crippen molar-refractivity contribution in [2.75, 3.05) is 13.2 Å². The predicted molar refractivity (Wildman–Crippen MR) is 74.2 cm³/mol. The molecule has 0 aromatic heterocycles. The summed E-state index contributed by atoms with van der Waals surface area (Å²) in [5, 5.41) is 3.81. The van der Waals surface area contributed by atoms with E-state index in [2.05, 4.69) is 36.5 Å². The molecule has 2 heteroatoms. The fourth-order valence-electron chi connectivity index (χ4n) is 3.33. The Bertz CT molecular complexity index is 409. The number of benzene rings is 1. The lowest BCUT2D eigenvalue weighted by Crippen LogP contribution is -2.42. The van der Waals surface area contributed by atoms with Gasteiger partial charge in [-0.05, 0) is 37.8 Å². The van der Waals surface area contributed by atoms with Crippen molar-refractivity contribution in [1.29, 1.82) is 0 Å². The van der Waals surface area contributed by atoms with Crippen LogP contribution in [0.3, 0.4) is 0 Å². The largest absolute Gasteiger partial charge is 0.493 e. The number of hydrogen-bond donors (Lipinski definition) is 1. The van der Waals surface area contributed by atoms with Crippen LogP contribution in [0, 0.1) is 0 Å². The van der Waals surface area contributed by atoms with Gasteiger partial charge in [-0.3, -0.25) is 0 Å². The molecule has 0 radical (unpaired) electrons. The van der Waals surface area contributed by atoms with Gasteiger partial charge in [-0.2, -0.15) is 0 Å². The summed E-state index contributed by atoms with van der Waals surface area (Å²) in [6.07, 6.45) is 6.57. The molecule has 0 amide bonds. The molecule has 1 aromatic rings. The molecule has 1 aromatic carbocycles. The van der Waals surface area contributed by atoms with Crippen molar-refractivity contribution in [3.05, 3.63) is 29.8 Å². The lowest BCUT2D eigenvalue weighted by molar-refractivity contribution is 0.253. The molecule has 2 nitrogen and oxygen atoms in total. The second kappa shape index (κ2) is 4.93. The van der Waals surface area contributed by atoms with Crippen LogP contribution in [0.15, 0.2) is 24.3 Å². The molecule has 0 saturated heterocycles. The summed E-state index contributed by atoms with van der Waals surface area (Å²) >= 11 is 0. The SMILES string of the molecule is CC1(NCC2CCOc3ccccc32)CCCC1. The summed E-state index contributed by atoms with van der Waals surface area (Å²) in [5.41, 5.74) is 1.77. The molecule has 2 aliphatic rings. The maximum Gasteiger partial charge on any atom is 0.122 e. The highest BCUT2D eigenvalue weighted by atomic mass is 16.5. The van der Waals surface area contributed by atoms with Gasteiger partial charge in [0.1, 0.15) is 5.75 Å². The van der Waals surface area contributed by atoms with E-state index < -0.39 is 0 Å². The highest BCUT2D eigenvalue weighted by molar-refractivity contribution is 5.37. The minimum atomic E-state index is 0.382. The molecule has 98 valence electrons. The molecule has 1 aliphatic carbocycles. The molecule has 1 atom stereocenters. The van der Waals surface area contributed by atoms with E-state index in [1.54, 1.807) is 0 Å². The van der Waals surface area contributed by atoms with Crippen LogP contribution in [0.1, 0.15) is 50.5 Å². The first kappa shape index (κ1) is 12.0. The van der Waals surface area contributed by atoms with Crippen LogP contribution in [0.5, 0.6) is 5.75 Å². The van der Waals surface area contributed by atoms with Crippen molar-refractivity contribution in [3.63, 3.8) is 0 Å². The van der Waals surface area contributed by atoms with Crippen molar-refractivity contribution < 1.29 is 4.74 Å². The molecule has 1 fully saturated rings. The number of rotatable bonds is 3. The summed E-state index contributed by atoms with van der Waals surface area (Å²) in [6, 6.07) is 8.50. The molecule has 18 heavy (non-hydrogen) atoms. The lowest BCUT2D eigenvalue weighted by Gasteiger charge is -2.31. The summed E-state index contributed by atoms with van der Waals surface area (Å²) in [7, 11) is 0. The van der Waals surface area contributed by atoms with Gasteiger partial charge in [-0.15, -0.1) is 0 Å². The topological polar surface area (TPSA) is 21.3 Å². The Hall–Kier alpha value is -1.02. The van der Waals surface area contributed by atoms with E-state index in [9.17, 15) is 0 Å². The van der Waals surface area contributed by atoms with Gasteiger partial charge in [0, 0.05) is 18.0 Å². The molecule has 1 aliphatic heterocycles. The second-order valence-electron chi connectivity index (χ2n) is 6.02. The summed E-state index contributed by atoms with van der Waals surface area (Å²) in [4.78, 5) is 0. The quantitative estimate of drug-likeness (QED) is 0.880. The Labute approximate surface area is 110 Å². The minimum absolute atomic E-state index is 0.382. The van der Waals surface area contributed by atoms with Crippen LogP contribution in [-0.4, -0.2) is 18.7 Å². The van der Waals surface area contributed by atoms with Gasteiger partial charge in [-0.1, -0.05) is 31.0 Å². The Morgan fingerprint density at radius 2 is 2.06 bits per heavy atom. The molecule has 0 bridgehead atoms. The van der Waals surface area contributed by atoms with Crippen LogP contribution in [0.4, 0.5) is 0 Å². The average Bonchev–Trinajstić information content (AvgIpc) is 2.84. The lowest BCUT2D eigenvalue weighted by atomic mass is 9.91. The molecule has 3 rings (SSSR count). The van der Waals surface area contributed by atoms with E-state index >= 15 is 0 Å². The highest BCUT2D eigenvalue weighted by Gasteiger charge is 2.30. The van der Waals surface area contributed by atoms with E-state index in [0.717, 1.165) is 25.3 Å². The van der Waals surface area contributed by atoms with E-state index in [1.807, 2.05) is 0 Å². The molecule has 1 heterocycles. The van der Waals surface area contributed by atoms with Gasteiger partial charge in [0.2, 0.25) is 0 Å². The monoisotopic (exact) mass is 245 g/mol. The second-order valence-corrected chi connectivity index (χ2v) is 6.02. The van der Waals surface area contributed by atoms with Crippen molar-refractivity contribution in [1.82, 2.24) is 5.32 Å². The Morgan fingerprint density at radius 3 is 2.89 bits per heavy atom. The normalized spacial score (nSPS) is 25.5. The maximum atomic E-state index is 5.72. The van der Waals surface area contributed by atoms with Gasteiger partial charge in [0.25, 0.3) is 0 Å². The van der Waals surface area contributed by atoms with Gasteiger partial charge >= 0.3 is 0 Å². The van der Waals surface area contributed by atoms with Gasteiger partial charge < -0.3 is 10.1 Å². The molecule has 1 N–H and O–H groups in total. The summed E-state index contributed by atoms with van der Waals surface area (Å²) in [6.45, 7) is 4.34. The molecular weight excluding hydrogens is 222 g/mol. The Balaban J connectivity index is 1.67.